The molecule has 5 nitrogen and oxygen atoms in total. The monoisotopic (exact) mass is 368 g/mol. The largest absolute Gasteiger partial charge is 0.338 e. The molecule has 0 radical (unpaired) electrons. The van der Waals surface area contributed by atoms with Gasteiger partial charge in [-0.3, -0.25) is 4.79 Å². The maximum absolute atomic E-state index is 12.8. The lowest BCUT2D eigenvalue weighted by molar-refractivity contribution is -0.121. The quantitative estimate of drug-likeness (QED) is 0.639. The molecule has 136 valence electrons. The van der Waals surface area contributed by atoms with Crippen LogP contribution in [0.25, 0.3) is 21.6 Å². The summed E-state index contributed by atoms with van der Waals surface area (Å²) in [5.41, 5.74) is 8.66. The standard InChI is InChI=1S/C20H24N4OS/c1-12(21)13-4-6-14(7-5-13)20(25)24-16-8-9-22-19-15(16)11-17(23-19)18-3-2-10-26-18/h2-3,8-14H,4-7,21H2,1H3,(H2,22,23,24,25)/t12?,13-,14-. The Morgan fingerprint density at radius 2 is 2.15 bits per heavy atom. The molecule has 1 amide bonds. The summed E-state index contributed by atoms with van der Waals surface area (Å²) in [5, 5.41) is 6.13. The van der Waals surface area contributed by atoms with E-state index >= 15 is 0 Å². The summed E-state index contributed by atoms with van der Waals surface area (Å²) >= 11 is 1.68. The molecule has 1 fully saturated rings. The Bertz CT molecular complexity index is 892. The first-order chi connectivity index (χ1) is 12.6. The molecule has 1 aliphatic rings. The number of thiophene rings is 1. The van der Waals surface area contributed by atoms with Gasteiger partial charge < -0.3 is 16.0 Å². The molecule has 0 aliphatic heterocycles. The number of pyridine rings is 1. The van der Waals surface area contributed by atoms with Gasteiger partial charge in [0.1, 0.15) is 5.65 Å². The van der Waals surface area contributed by atoms with Crippen LogP contribution in [-0.4, -0.2) is 21.9 Å². The van der Waals surface area contributed by atoms with Crippen LogP contribution in [0.2, 0.25) is 0 Å². The average Bonchev–Trinajstić information content (AvgIpc) is 3.31. The van der Waals surface area contributed by atoms with E-state index in [0.717, 1.165) is 53.0 Å². The molecule has 4 N–H and O–H groups in total. The van der Waals surface area contributed by atoms with Crippen LogP contribution in [0.1, 0.15) is 32.6 Å². The van der Waals surface area contributed by atoms with Crippen LogP contribution in [0.5, 0.6) is 0 Å². The summed E-state index contributed by atoms with van der Waals surface area (Å²) in [5.74, 6) is 0.730. The third-order valence-corrected chi connectivity index (χ3v) is 6.37. The van der Waals surface area contributed by atoms with Crippen molar-refractivity contribution in [2.45, 2.75) is 38.6 Å². The number of nitrogens with one attached hydrogen (secondary N) is 2. The van der Waals surface area contributed by atoms with E-state index in [1.54, 1.807) is 17.5 Å². The fourth-order valence-electron chi connectivity index (χ4n) is 3.84. The summed E-state index contributed by atoms with van der Waals surface area (Å²) in [6.45, 7) is 2.07. The highest BCUT2D eigenvalue weighted by molar-refractivity contribution is 7.13. The van der Waals surface area contributed by atoms with Gasteiger partial charge in [-0.1, -0.05) is 6.07 Å². The van der Waals surface area contributed by atoms with Gasteiger partial charge in [0, 0.05) is 23.5 Å². The van der Waals surface area contributed by atoms with Crippen LogP contribution in [-0.2, 0) is 4.79 Å². The average molecular weight is 369 g/mol. The highest BCUT2D eigenvalue weighted by Crippen LogP contribution is 2.33. The first-order valence-electron chi connectivity index (χ1n) is 9.20. The van der Waals surface area contributed by atoms with Crippen LogP contribution in [0, 0.1) is 11.8 Å². The molecule has 1 aliphatic carbocycles. The second-order valence-corrected chi connectivity index (χ2v) is 8.19. The van der Waals surface area contributed by atoms with Crippen LogP contribution in [0.15, 0.2) is 35.8 Å². The van der Waals surface area contributed by atoms with E-state index in [1.165, 1.54) is 0 Å². The van der Waals surface area contributed by atoms with E-state index in [1.807, 2.05) is 12.1 Å². The Morgan fingerprint density at radius 3 is 2.85 bits per heavy atom. The minimum atomic E-state index is 0.0731. The zero-order valence-electron chi connectivity index (χ0n) is 14.9. The molecule has 4 rings (SSSR count). The maximum Gasteiger partial charge on any atom is 0.227 e. The predicted octanol–water partition coefficient (Wildman–Crippen LogP) is 4.38. The number of nitrogens with two attached hydrogens (primary N) is 1. The van der Waals surface area contributed by atoms with Crippen molar-refractivity contribution in [3.05, 3.63) is 35.8 Å². The number of hydrogen-bond acceptors (Lipinski definition) is 4. The molecule has 0 saturated heterocycles. The summed E-state index contributed by atoms with van der Waals surface area (Å²) in [7, 11) is 0. The molecule has 6 heteroatoms. The number of anilines is 1. The SMILES string of the molecule is CC(N)[C@H]1CC[C@H](C(=O)Nc2ccnc3[nH]c(-c4cccs4)cc23)CC1. The number of H-pyrrole nitrogens is 1. The van der Waals surface area contributed by atoms with E-state index in [-0.39, 0.29) is 17.9 Å². The van der Waals surface area contributed by atoms with Gasteiger partial charge in [0.05, 0.1) is 16.3 Å². The number of carbonyl (C=O) groups is 1. The zero-order chi connectivity index (χ0) is 18.1. The number of fused-ring (bicyclic) bond motifs is 1. The fourth-order valence-corrected chi connectivity index (χ4v) is 4.54. The van der Waals surface area contributed by atoms with E-state index in [9.17, 15) is 4.79 Å². The van der Waals surface area contributed by atoms with Crippen molar-refractivity contribution >= 4 is 34.0 Å². The number of carbonyl (C=O) groups excluding carboxylic acids is 1. The van der Waals surface area contributed by atoms with Crippen molar-refractivity contribution in [3.8, 4) is 10.6 Å². The smallest absolute Gasteiger partial charge is 0.227 e. The molecule has 3 aromatic heterocycles. The molecule has 0 spiro atoms. The van der Waals surface area contributed by atoms with Gasteiger partial charge >= 0.3 is 0 Å². The molecule has 1 saturated carbocycles. The first-order valence-corrected chi connectivity index (χ1v) is 10.1. The lowest BCUT2D eigenvalue weighted by Crippen LogP contribution is -2.33. The normalized spacial score (nSPS) is 21.6. The Labute approximate surface area is 157 Å². The van der Waals surface area contributed by atoms with Crippen molar-refractivity contribution in [2.24, 2.45) is 17.6 Å². The van der Waals surface area contributed by atoms with E-state index in [0.29, 0.717) is 5.92 Å². The Morgan fingerprint density at radius 1 is 1.35 bits per heavy atom. The van der Waals surface area contributed by atoms with E-state index in [2.05, 4.69) is 39.7 Å². The predicted molar refractivity (Wildman–Crippen MR) is 107 cm³/mol. The van der Waals surface area contributed by atoms with Gasteiger partial charge in [-0.05, 0) is 62.1 Å². The van der Waals surface area contributed by atoms with Gasteiger partial charge in [-0.25, -0.2) is 4.98 Å². The molecule has 3 heterocycles. The first kappa shape index (κ1) is 17.2. The molecule has 1 atom stereocenters. The molecule has 0 bridgehead atoms. The van der Waals surface area contributed by atoms with E-state index in [4.69, 9.17) is 5.73 Å². The Balaban J connectivity index is 1.51. The molecule has 3 aromatic rings. The minimum absolute atomic E-state index is 0.0731. The number of nitrogens with zero attached hydrogens (tertiary/aromatic N) is 1. The summed E-state index contributed by atoms with van der Waals surface area (Å²) in [6.07, 6.45) is 5.64. The van der Waals surface area contributed by atoms with Crippen molar-refractivity contribution in [1.82, 2.24) is 9.97 Å². The van der Waals surface area contributed by atoms with Gasteiger partial charge in [0.15, 0.2) is 0 Å². The third kappa shape index (κ3) is 3.39. The third-order valence-electron chi connectivity index (χ3n) is 5.46. The number of aromatic nitrogens is 2. The van der Waals surface area contributed by atoms with Crippen LogP contribution in [0.3, 0.4) is 0 Å². The highest BCUT2D eigenvalue weighted by atomic mass is 32.1. The van der Waals surface area contributed by atoms with Gasteiger partial charge in [-0.15, -0.1) is 11.3 Å². The topological polar surface area (TPSA) is 83.8 Å². The maximum atomic E-state index is 12.8. The van der Waals surface area contributed by atoms with Gasteiger partial charge in [0.2, 0.25) is 5.91 Å². The van der Waals surface area contributed by atoms with E-state index < -0.39 is 0 Å². The molecule has 26 heavy (non-hydrogen) atoms. The molecular weight excluding hydrogens is 344 g/mol. The summed E-state index contributed by atoms with van der Waals surface area (Å²) in [4.78, 5) is 21.7. The number of hydrogen-bond donors (Lipinski definition) is 3. The van der Waals surface area contributed by atoms with Crippen LogP contribution >= 0.6 is 11.3 Å². The van der Waals surface area contributed by atoms with Crippen LogP contribution < -0.4 is 11.1 Å². The van der Waals surface area contributed by atoms with Gasteiger partial charge in [0.25, 0.3) is 0 Å². The Kier molecular flexibility index (Phi) is 4.78. The lowest BCUT2D eigenvalue weighted by atomic mass is 9.79. The summed E-state index contributed by atoms with van der Waals surface area (Å²) < 4.78 is 0. The van der Waals surface area contributed by atoms with Crippen molar-refractivity contribution < 1.29 is 4.79 Å². The number of aromatic amines is 1. The number of rotatable bonds is 4. The minimum Gasteiger partial charge on any atom is -0.338 e. The fraction of sp³-hybridized carbons (Fsp3) is 0.400. The van der Waals surface area contributed by atoms with Crippen molar-refractivity contribution in [1.29, 1.82) is 0 Å². The van der Waals surface area contributed by atoms with Crippen molar-refractivity contribution in [3.63, 3.8) is 0 Å². The van der Waals surface area contributed by atoms with Crippen LogP contribution in [0.4, 0.5) is 5.69 Å². The lowest BCUT2D eigenvalue weighted by Gasteiger charge is -2.30. The van der Waals surface area contributed by atoms with Crippen molar-refractivity contribution in [2.75, 3.05) is 5.32 Å². The van der Waals surface area contributed by atoms with Gasteiger partial charge in [-0.2, -0.15) is 0 Å². The second kappa shape index (κ2) is 7.21. The second-order valence-electron chi connectivity index (χ2n) is 7.24. The Hall–Kier alpha value is -2.18. The molecular formula is C20H24N4OS. The summed E-state index contributed by atoms with van der Waals surface area (Å²) in [6, 6.07) is 8.26. The molecule has 0 aromatic carbocycles. The highest BCUT2D eigenvalue weighted by Gasteiger charge is 2.28. The molecule has 1 unspecified atom stereocenters. The zero-order valence-corrected chi connectivity index (χ0v) is 15.7. The number of amides is 1.